The van der Waals surface area contributed by atoms with Crippen LogP contribution in [0.3, 0.4) is 0 Å². The Bertz CT molecular complexity index is 1180. The van der Waals surface area contributed by atoms with Crippen molar-refractivity contribution in [2.24, 2.45) is 0 Å². The lowest BCUT2D eigenvalue weighted by Crippen LogP contribution is -2.14. The second kappa shape index (κ2) is 8.12. The Hall–Kier alpha value is -3.70. The van der Waals surface area contributed by atoms with Crippen LogP contribution in [0.5, 0.6) is 0 Å². The zero-order valence-corrected chi connectivity index (χ0v) is 16.0. The molecule has 4 aromatic rings. The van der Waals surface area contributed by atoms with Crippen LogP contribution in [0.2, 0.25) is 0 Å². The van der Waals surface area contributed by atoms with Crippen LogP contribution >= 0.6 is 0 Å². The van der Waals surface area contributed by atoms with Gasteiger partial charge < -0.3 is 4.57 Å². The van der Waals surface area contributed by atoms with Crippen molar-refractivity contribution in [3.8, 4) is 11.4 Å². The number of amides is 1. The Morgan fingerprint density at radius 2 is 1.79 bits per heavy atom. The maximum Gasteiger partial charge on any atom is 0.267 e. The number of carbonyl (C=O) groups is 1. The number of imidazole rings is 1. The third-order valence-electron chi connectivity index (χ3n) is 4.95. The van der Waals surface area contributed by atoms with Crippen LogP contribution in [0.25, 0.3) is 28.5 Å². The molecule has 5 heteroatoms. The van der Waals surface area contributed by atoms with Crippen LogP contribution in [-0.4, -0.2) is 20.7 Å². The summed E-state index contributed by atoms with van der Waals surface area (Å²) in [6.45, 7) is 2.17. The largest absolute Gasteiger partial charge is 0.317 e. The van der Waals surface area contributed by atoms with E-state index in [-0.39, 0.29) is 6.04 Å². The molecule has 2 N–H and O–H groups in total. The fourth-order valence-electron chi connectivity index (χ4n) is 3.51. The van der Waals surface area contributed by atoms with Crippen LogP contribution in [0.1, 0.15) is 24.1 Å². The number of hydrogen-bond donors (Lipinski definition) is 2. The molecule has 0 aliphatic rings. The van der Waals surface area contributed by atoms with Crippen LogP contribution in [0.4, 0.5) is 0 Å². The minimum atomic E-state index is -0.569. The molecule has 0 unspecified atom stereocenters. The van der Waals surface area contributed by atoms with Gasteiger partial charge in [0.2, 0.25) is 0 Å². The van der Waals surface area contributed by atoms with Crippen molar-refractivity contribution in [2.75, 3.05) is 0 Å². The second-order valence-electron chi connectivity index (χ2n) is 6.82. The molecule has 1 atom stereocenters. The van der Waals surface area contributed by atoms with Gasteiger partial charge in [0.05, 0.1) is 17.1 Å². The maximum atomic E-state index is 11.3. The highest BCUT2D eigenvalue weighted by molar-refractivity contribution is 5.91. The first-order chi connectivity index (χ1) is 14.2. The van der Waals surface area contributed by atoms with Crippen molar-refractivity contribution in [3.05, 3.63) is 96.1 Å². The zero-order chi connectivity index (χ0) is 20.2. The van der Waals surface area contributed by atoms with Crippen molar-refractivity contribution in [2.45, 2.75) is 13.0 Å². The fraction of sp³-hybridized carbons (Fsp3) is 0.0833. The van der Waals surface area contributed by atoms with E-state index in [9.17, 15) is 4.79 Å². The summed E-state index contributed by atoms with van der Waals surface area (Å²) in [4.78, 5) is 16.2. The lowest BCUT2D eigenvalue weighted by atomic mass is 10.1. The Labute approximate surface area is 168 Å². The lowest BCUT2D eigenvalue weighted by molar-refractivity contribution is -0.124. The molecule has 0 aliphatic carbocycles. The summed E-state index contributed by atoms with van der Waals surface area (Å²) in [6, 6.07) is 26.4. The second-order valence-corrected chi connectivity index (χ2v) is 6.82. The highest BCUT2D eigenvalue weighted by atomic mass is 16.5. The molecule has 0 aliphatic heterocycles. The number of hydrogen-bond acceptors (Lipinski definition) is 3. The van der Waals surface area contributed by atoms with Gasteiger partial charge in [0.1, 0.15) is 5.82 Å². The topological polar surface area (TPSA) is 67.2 Å². The standard InChI is InChI=1S/C24H21N3O2/c1-17(19-9-3-2-4-10-19)27-22-13-6-5-12-21(22)25-24(27)20-11-7-8-18(16-20)14-15-23(28)26-29/h2-17,29H,1H3,(H,26,28)/t17-/m1/s1. The van der Waals surface area contributed by atoms with E-state index in [4.69, 9.17) is 10.2 Å². The number of benzene rings is 3. The highest BCUT2D eigenvalue weighted by Crippen LogP contribution is 2.31. The molecule has 29 heavy (non-hydrogen) atoms. The number of rotatable bonds is 5. The zero-order valence-electron chi connectivity index (χ0n) is 16.0. The number of nitrogens with zero attached hydrogens (tertiary/aromatic N) is 2. The summed E-state index contributed by atoms with van der Waals surface area (Å²) in [5.74, 6) is 0.296. The van der Waals surface area contributed by atoms with E-state index >= 15 is 0 Å². The summed E-state index contributed by atoms with van der Waals surface area (Å²) in [6.07, 6.45) is 2.94. The summed E-state index contributed by atoms with van der Waals surface area (Å²) >= 11 is 0. The smallest absolute Gasteiger partial charge is 0.267 e. The van der Waals surface area contributed by atoms with Gasteiger partial charge >= 0.3 is 0 Å². The fourth-order valence-corrected chi connectivity index (χ4v) is 3.51. The molecule has 0 spiro atoms. The molecule has 0 saturated carbocycles. The molecule has 0 bridgehead atoms. The van der Waals surface area contributed by atoms with Crippen LogP contribution in [-0.2, 0) is 4.79 Å². The predicted octanol–water partition coefficient (Wildman–Crippen LogP) is 4.83. The van der Waals surface area contributed by atoms with Crippen molar-refractivity contribution < 1.29 is 10.0 Å². The molecule has 3 aromatic carbocycles. The molecule has 1 heterocycles. The van der Waals surface area contributed by atoms with E-state index in [2.05, 4.69) is 29.7 Å². The molecular weight excluding hydrogens is 362 g/mol. The van der Waals surface area contributed by atoms with Gasteiger partial charge in [-0.05, 0) is 42.3 Å². The number of aromatic nitrogens is 2. The van der Waals surface area contributed by atoms with Gasteiger partial charge in [-0.15, -0.1) is 0 Å². The Kier molecular flexibility index (Phi) is 5.22. The maximum absolute atomic E-state index is 11.3. The summed E-state index contributed by atoms with van der Waals surface area (Å²) in [7, 11) is 0. The van der Waals surface area contributed by atoms with Gasteiger partial charge in [-0.25, -0.2) is 10.5 Å². The molecule has 1 amide bonds. The molecule has 0 saturated heterocycles. The average Bonchev–Trinajstić information content (AvgIpc) is 3.17. The molecule has 5 nitrogen and oxygen atoms in total. The lowest BCUT2D eigenvalue weighted by Gasteiger charge is -2.18. The third kappa shape index (κ3) is 3.81. The first kappa shape index (κ1) is 18.7. The van der Waals surface area contributed by atoms with E-state index in [1.54, 1.807) is 11.6 Å². The molecule has 144 valence electrons. The monoisotopic (exact) mass is 383 g/mol. The van der Waals surface area contributed by atoms with Gasteiger partial charge in [-0.2, -0.15) is 0 Å². The number of carbonyl (C=O) groups excluding carboxylic acids is 1. The predicted molar refractivity (Wildman–Crippen MR) is 114 cm³/mol. The quantitative estimate of drug-likeness (QED) is 0.295. The van der Waals surface area contributed by atoms with Gasteiger partial charge in [-0.1, -0.05) is 60.7 Å². The van der Waals surface area contributed by atoms with Crippen LogP contribution in [0.15, 0.2) is 84.9 Å². The van der Waals surface area contributed by atoms with Crippen molar-refractivity contribution in [3.63, 3.8) is 0 Å². The van der Waals surface area contributed by atoms with E-state index in [1.807, 2.05) is 60.7 Å². The Balaban J connectivity index is 1.84. The summed E-state index contributed by atoms with van der Waals surface area (Å²) in [5.41, 5.74) is 6.60. The number of nitrogens with one attached hydrogen (secondary N) is 1. The summed E-state index contributed by atoms with van der Waals surface area (Å²) < 4.78 is 2.24. The van der Waals surface area contributed by atoms with E-state index < -0.39 is 5.91 Å². The Morgan fingerprint density at radius 3 is 2.59 bits per heavy atom. The third-order valence-corrected chi connectivity index (χ3v) is 4.95. The van der Waals surface area contributed by atoms with Crippen LogP contribution < -0.4 is 5.48 Å². The summed E-state index contributed by atoms with van der Waals surface area (Å²) in [5, 5.41) is 8.67. The van der Waals surface area contributed by atoms with E-state index in [1.165, 1.54) is 11.6 Å². The normalized spacial score (nSPS) is 12.3. The molecule has 0 fully saturated rings. The van der Waals surface area contributed by atoms with Gasteiger partial charge in [0.25, 0.3) is 5.91 Å². The first-order valence-corrected chi connectivity index (χ1v) is 9.42. The number of hydroxylamine groups is 1. The average molecular weight is 383 g/mol. The molecule has 0 radical (unpaired) electrons. The number of fused-ring (bicyclic) bond motifs is 1. The molecule has 1 aromatic heterocycles. The van der Waals surface area contributed by atoms with Crippen molar-refractivity contribution >= 4 is 23.0 Å². The Morgan fingerprint density at radius 1 is 1.03 bits per heavy atom. The van der Waals surface area contributed by atoms with Gasteiger partial charge in [0.15, 0.2) is 0 Å². The molecule has 4 rings (SSSR count). The van der Waals surface area contributed by atoms with Gasteiger partial charge in [0, 0.05) is 11.6 Å². The van der Waals surface area contributed by atoms with E-state index in [0.717, 1.165) is 28.0 Å². The number of para-hydroxylation sites is 2. The van der Waals surface area contributed by atoms with Crippen molar-refractivity contribution in [1.82, 2.24) is 15.0 Å². The van der Waals surface area contributed by atoms with Gasteiger partial charge in [-0.3, -0.25) is 10.0 Å². The molecular formula is C24H21N3O2. The van der Waals surface area contributed by atoms with Crippen molar-refractivity contribution in [1.29, 1.82) is 0 Å². The van der Waals surface area contributed by atoms with E-state index in [0.29, 0.717) is 0 Å². The minimum absolute atomic E-state index is 0.0953. The van der Waals surface area contributed by atoms with Crippen LogP contribution in [0, 0.1) is 0 Å². The SMILES string of the molecule is C[C@H](c1ccccc1)n1c(-c2cccc(C=CC(=O)NO)c2)nc2ccccc21. The minimum Gasteiger partial charge on any atom is -0.317 e. The first-order valence-electron chi connectivity index (χ1n) is 9.42. The highest BCUT2D eigenvalue weighted by Gasteiger charge is 2.18.